The number of thiophene rings is 1. The van der Waals surface area contributed by atoms with E-state index in [9.17, 15) is 23.3 Å². The molecule has 1 N–H and O–H groups in total. The zero-order valence-corrected chi connectivity index (χ0v) is 13.5. The van der Waals surface area contributed by atoms with Crippen molar-refractivity contribution in [1.82, 2.24) is 0 Å². The first kappa shape index (κ1) is 16.4. The number of halogens is 1. The van der Waals surface area contributed by atoms with Crippen molar-refractivity contribution >= 4 is 49.4 Å². The Hall–Kier alpha value is -1.97. The van der Waals surface area contributed by atoms with Gasteiger partial charge in [0.25, 0.3) is 5.69 Å². The third-order valence-corrected chi connectivity index (χ3v) is 5.73. The van der Waals surface area contributed by atoms with E-state index in [2.05, 4.69) is 5.32 Å². The number of nitro groups is 1. The smallest absolute Gasteiger partial charge is 0.288 e. The van der Waals surface area contributed by atoms with Gasteiger partial charge in [-0.15, -0.1) is 11.3 Å². The molecule has 1 aromatic heterocycles. The monoisotopic (exact) mass is 360 g/mol. The number of para-hydroxylation sites is 1. The number of rotatable bonds is 4. The number of nitro benzene ring substituents is 1. The van der Waals surface area contributed by atoms with Gasteiger partial charge in [0.05, 0.1) is 9.26 Å². The van der Waals surface area contributed by atoms with Crippen molar-refractivity contribution in [2.75, 3.05) is 5.32 Å². The second kappa shape index (κ2) is 6.03. The number of hydrogen-bond donors (Lipinski definition) is 1. The van der Waals surface area contributed by atoms with Gasteiger partial charge in [-0.2, -0.15) is 0 Å². The third-order valence-electron chi connectivity index (χ3n) is 2.60. The zero-order valence-electron chi connectivity index (χ0n) is 11.1. The lowest BCUT2D eigenvalue weighted by molar-refractivity contribution is -0.387. The van der Waals surface area contributed by atoms with Crippen molar-refractivity contribution < 1.29 is 18.1 Å². The van der Waals surface area contributed by atoms with E-state index in [0.29, 0.717) is 0 Å². The van der Waals surface area contributed by atoms with Gasteiger partial charge in [0.1, 0.15) is 14.8 Å². The Morgan fingerprint density at radius 3 is 2.55 bits per heavy atom. The second-order valence-electron chi connectivity index (χ2n) is 4.15. The maximum atomic E-state index is 12.7. The van der Waals surface area contributed by atoms with Crippen LogP contribution in [0.4, 0.5) is 10.7 Å². The number of amides is 1. The normalized spacial score (nSPS) is 11.2. The molecule has 1 aromatic carbocycles. The van der Waals surface area contributed by atoms with Crippen LogP contribution in [0, 0.1) is 10.1 Å². The van der Waals surface area contributed by atoms with Crippen molar-refractivity contribution in [3.8, 4) is 0 Å². The molecule has 0 saturated heterocycles. The molecule has 0 aliphatic carbocycles. The molecule has 7 nitrogen and oxygen atoms in total. The first-order valence-electron chi connectivity index (χ1n) is 5.79. The molecule has 22 heavy (non-hydrogen) atoms. The summed E-state index contributed by atoms with van der Waals surface area (Å²) in [5, 5.41) is 13.4. The number of carbonyl (C=O) groups excluding carboxylic acids is 1. The van der Waals surface area contributed by atoms with Gasteiger partial charge in [-0.3, -0.25) is 14.9 Å². The van der Waals surface area contributed by atoms with Gasteiger partial charge in [0.2, 0.25) is 15.7 Å². The van der Waals surface area contributed by atoms with Gasteiger partial charge in [0.15, 0.2) is 0 Å². The number of nitrogens with zero attached hydrogens (tertiary/aromatic N) is 1. The maximum Gasteiger partial charge on any atom is 0.288 e. The van der Waals surface area contributed by atoms with Crippen molar-refractivity contribution in [3.05, 3.63) is 44.8 Å². The zero-order chi connectivity index (χ0) is 16.5. The molecule has 0 atom stereocenters. The highest BCUT2D eigenvalue weighted by Gasteiger charge is 2.31. The Morgan fingerprint density at radius 2 is 1.95 bits per heavy atom. The average Bonchev–Trinajstić information content (AvgIpc) is 2.79. The van der Waals surface area contributed by atoms with Crippen LogP contribution in [0.5, 0.6) is 0 Å². The Kier molecular flexibility index (Phi) is 4.50. The van der Waals surface area contributed by atoms with E-state index >= 15 is 0 Å². The van der Waals surface area contributed by atoms with Crippen LogP contribution in [-0.2, 0) is 14.6 Å². The first-order valence-corrected chi connectivity index (χ1v) is 8.46. The fraction of sp³-hybridized carbons (Fsp3) is 0.0833. The topological polar surface area (TPSA) is 106 Å². The SMILES string of the molecule is CC(=O)Nc1sc(Cl)cc1S(=O)(=O)c1ccccc1[N+](=O)[O-]. The van der Waals surface area contributed by atoms with Crippen LogP contribution in [0.3, 0.4) is 0 Å². The standard InChI is InChI=1S/C12H9ClN2O5S2/c1-7(16)14-12-10(6-11(13)21-12)22(19,20)9-5-3-2-4-8(9)15(17)18/h2-6H,1H3,(H,14,16). The van der Waals surface area contributed by atoms with E-state index in [1.165, 1.54) is 19.1 Å². The van der Waals surface area contributed by atoms with E-state index in [1.54, 1.807) is 0 Å². The Bertz CT molecular complexity index is 860. The molecule has 0 aliphatic rings. The summed E-state index contributed by atoms with van der Waals surface area (Å²) < 4.78 is 25.5. The van der Waals surface area contributed by atoms with E-state index in [-0.39, 0.29) is 14.2 Å². The van der Waals surface area contributed by atoms with Crippen LogP contribution in [0.25, 0.3) is 0 Å². The number of anilines is 1. The average molecular weight is 361 g/mol. The van der Waals surface area contributed by atoms with Crippen molar-refractivity contribution in [1.29, 1.82) is 0 Å². The lowest BCUT2D eigenvalue weighted by Crippen LogP contribution is -2.10. The lowest BCUT2D eigenvalue weighted by Gasteiger charge is -2.06. The summed E-state index contributed by atoms with van der Waals surface area (Å²) in [6.07, 6.45) is 0. The minimum atomic E-state index is -4.20. The third kappa shape index (κ3) is 3.11. The molecule has 1 heterocycles. The molecule has 0 unspecified atom stereocenters. The molecule has 1 amide bonds. The Balaban J connectivity index is 2.67. The molecule has 2 rings (SSSR count). The molecule has 0 bridgehead atoms. The van der Waals surface area contributed by atoms with Crippen LogP contribution in [0.2, 0.25) is 4.34 Å². The predicted molar refractivity (Wildman–Crippen MR) is 82.2 cm³/mol. The van der Waals surface area contributed by atoms with Gasteiger partial charge in [-0.05, 0) is 12.1 Å². The molecule has 2 aromatic rings. The van der Waals surface area contributed by atoms with Crippen LogP contribution >= 0.6 is 22.9 Å². The molecular formula is C12H9ClN2O5S2. The molecule has 0 fully saturated rings. The van der Waals surface area contributed by atoms with E-state index in [1.807, 2.05) is 0 Å². The number of carbonyl (C=O) groups is 1. The lowest BCUT2D eigenvalue weighted by atomic mass is 10.3. The molecule has 116 valence electrons. The number of benzene rings is 1. The van der Waals surface area contributed by atoms with Crippen molar-refractivity contribution in [2.45, 2.75) is 16.7 Å². The molecule has 0 saturated carbocycles. The highest BCUT2D eigenvalue weighted by molar-refractivity contribution is 7.92. The summed E-state index contributed by atoms with van der Waals surface area (Å²) in [6.45, 7) is 1.22. The maximum absolute atomic E-state index is 12.7. The number of hydrogen-bond acceptors (Lipinski definition) is 6. The molecule has 0 aliphatic heterocycles. The van der Waals surface area contributed by atoms with Crippen LogP contribution in [0.1, 0.15) is 6.92 Å². The second-order valence-corrected chi connectivity index (χ2v) is 7.72. The molecule has 0 radical (unpaired) electrons. The molecule has 10 heteroatoms. The number of nitrogens with one attached hydrogen (secondary N) is 1. The largest absolute Gasteiger partial charge is 0.317 e. The summed E-state index contributed by atoms with van der Waals surface area (Å²) >= 11 is 6.68. The van der Waals surface area contributed by atoms with Crippen molar-refractivity contribution in [2.24, 2.45) is 0 Å². The summed E-state index contributed by atoms with van der Waals surface area (Å²) in [5.41, 5.74) is -0.543. The van der Waals surface area contributed by atoms with Gasteiger partial charge in [0, 0.05) is 13.0 Å². The minimum Gasteiger partial charge on any atom is -0.317 e. The van der Waals surface area contributed by atoms with Crippen LogP contribution in [0.15, 0.2) is 40.1 Å². The highest BCUT2D eigenvalue weighted by Crippen LogP contribution is 2.39. The van der Waals surface area contributed by atoms with Crippen LogP contribution < -0.4 is 5.32 Å². The Labute approximate surface area is 134 Å². The molecule has 0 spiro atoms. The fourth-order valence-corrected chi connectivity index (χ4v) is 4.89. The van der Waals surface area contributed by atoms with Gasteiger partial charge >= 0.3 is 0 Å². The number of sulfone groups is 1. The summed E-state index contributed by atoms with van der Waals surface area (Å²) in [5.74, 6) is -0.475. The predicted octanol–water partition coefficient (Wildman–Crippen LogP) is 3.10. The highest BCUT2D eigenvalue weighted by atomic mass is 35.5. The first-order chi connectivity index (χ1) is 10.2. The van der Waals surface area contributed by atoms with E-state index in [0.717, 1.165) is 29.5 Å². The summed E-state index contributed by atoms with van der Waals surface area (Å²) in [6, 6.07) is 6.14. The van der Waals surface area contributed by atoms with Crippen LogP contribution in [-0.4, -0.2) is 19.2 Å². The van der Waals surface area contributed by atoms with E-state index in [4.69, 9.17) is 11.6 Å². The van der Waals surface area contributed by atoms with Gasteiger partial charge in [-0.1, -0.05) is 23.7 Å². The van der Waals surface area contributed by atoms with Gasteiger partial charge < -0.3 is 5.32 Å². The Morgan fingerprint density at radius 1 is 1.32 bits per heavy atom. The summed E-state index contributed by atoms with van der Waals surface area (Å²) in [4.78, 5) is 20.7. The van der Waals surface area contributed by atoms with E-state index < -0.39 is 31.3 Å². The molecular weight excluding hydrogens is 352 g/mol. The summed E-state index contributed by atoms with van der Waals surface area (Å²) in [7, 11) is -4.20. The van der Waals surface area contributed by atoms with Crippen molar-refractivity contribution in [3.63, 3.8) is 0 Å². The fourth-order valence-electron chi connectivity index (χ4n) is 1.75. The quantitative estimate of drug-likeness (QED) is 0.666. The minimum absolute atomic E-state index is 0.0238. The van der Waals surface area contributed by atoms with Gasteiger partial charge in [-0.25, -0.2) is 8.42 Å².